The van der Waals surface area contributed by atoms with Crippen LogP contribution in [0.4, 0.5) is 5.69 Å². The number of benzene rings is 2. The van der Waals surface area contributed by atoms with Crippen LogP contribution in [0.25, 0.3) is 23.1 Å². The average molecular weight is 461 g/mol. The van der Waals surface area contributed by atoms with E-state index in [4.69, 9.17) is 4.74 Å². The molecule has 7 heteroatoms. The molecule has 0 saturated heterocycles. The predicted molar refractivity (Wildman–Crippen MR) is 137 cm³/mol. The Labute approximate surface area is 197 Å². The number of thiophene rings is 1. The number of rotatable bonds is 9. The fraction of sp³-hybridized carbons (Fsp3) is 0.231. The maximum atomic E-state index is 13.0. The predicted octanol–water partition coefficient (Wildman–Crippen LogP) is 5.43. The van der Waals surface area contributed by atoms with Crippen LogP contribution >= 0.6 is 11.3 Å². The van der Waals surface area contributed by atoms with Crippen LogP contribution in [-0.2, 0) is 11.3 Å². The summed E-state index contributed by atoms with van der Waals surface area (Å²) < 4.78 is 5.18. The molecule has 170 valence electrons. The molecule has 2 N–H and O–H groups in total. The summed E-state index contributed by atoms with van der Waals surface area (Å²) in [5.41, 5.74) is 5.66. The van der Waals surface area contributed by atoms with Gasteiger partial charge in [0.05, 0.1) is 22.7 Å². The van der Waals surface area contributed by atoms with Gasteiger partial charge in [-0.25, -0.2) is 0 Å². The topological polar surface area (TPSA) is 70.2 Å². The number of aromatic nitrogens is 2. The van der Waals surface area contributed by atoms with Crippen LogP contribution < -0.4 is 5.32 Å². The molecular formula is C26H28N4O2S. The van der Waals surface area contributed by atoms with E-state index in [2.05, 4.69) is 33.5 Å². The molecule has 0 unspecified atom stereocenters. The van der Waals surface area contributed by atoms with E-state index in [0.717, 1.165) is 56.9 Å². The zero-order valence-electron chi connectivity index (χ0n) is 19.1. The molecule has 0 atom stereocenters. The van der Waals surface area contributed by atoms with Gasteiger partial charge in [0.25, 0.3) is 5.91 Å². The minimum atomic E-state index is -0.0905. The number of aromatic amines is 1. The smallest absolute Gasteiger partial charge is 0.266 e. The number of fused-ring (bicyclic) bond motifs is 1. The van der Waals surface area contributed by atoms with Gasteiger partial charge in [-0.15, -0.1) is 11.3 Å². The standard InChI is InChI=1S/C26H28N4O2S/c1-18-12-15-33-25(18)26(31)27-24-16-19(17-30(2)13-14-32-3)8-9-20(24)10-11-23-21-6-4-5-7-22(21)28-29-23/h4-12,15-16H,13-14,17H2,1-3H3,(H,27,31)(H,28,29)/b11-10+. The van der Waals surface area contributed by atoms with Crippen LogP contribution in [0.5, 0.6) is 0 Å². The molecule has 0 fully saturated rings. The van der Waals surface area contributed by atoms with Crippen LogP contribution in [0.2, 0.25) is 0 Å². The zero-order chi connectivity index (χ0) is 23.2. The van der Waals surface area contributed by atoms with Crippen LogP contribution in [-0.4, -0.2) is 48.3 Å². The molecule has 6 nitrogen and oxygen atoms in total. The molecule has 0 aliphatic rings. The number of aryl methyl sites for hydroxylation is 1. The number of ether oxygens (including phenoxy) is 1. The number of H-pyrrole nitrogens is 1. The lowest BCUT2D eigenvalue weighted by atomic mass is 10.1. The van der Waals surface area contributed by atoms with Crippen molar-refractivity contribution in [2.45, 2.75) is 13.5 Å². The number of amides is 1. The van der Waals surface area contributed by atoms with E-state index < -0.39 is 0 Å². The van der Waals surface area contributed by atoms with Crippen molar-refractivity contribution in [1.82, 2.24) is 15.1 Å². The van der Waals surface area contributed by atoms with Crippen LogP contribution in [0.1, 0.15) is 32.1 Å². The quantitative estimate of drug-likeness (QED) is 0.349. The van der Waals surface area contributed by atoms with Gasteiger partial charge < -0.3 is 10.1 Å². The van der Waals surface area contributed by atoms with Crippen LogP contribution in [0.15, 0.2) is 53.9 Å². The number of methoxy groups -OCH3 is 1. The Bertz CT molecular complexity index is 1270. The van der Waals surface area contributed by atoms with Crippen molar-refractivity contribution in [3.63, 3.8) is 0 Å². The minimum absolute atomic E-state index is 0.0905. The van der Waals surface area contributed by atoms with Crippen molar-refractivity contribution in [2.75, 3.05) is 32.6 Å². The average Bonchev–Trinajstić information content (AvgIpc) is 3.43. The van der Waals surface area contributed by atoms with Gasteiger partial charge in [0.1, 0.15) is 0 Å². The molecule has 33 heavy (non-hydrogen) atoms. The Morgan fingerprint density at radius 2 is 2.06 bits per heavy atom. The van der Waals surface area contributed by atoms with E-state index in [0.29, 0.717) is 6.61 Å². The SMILES string of the molecule is COCCN(C)Cc1ccc(/C=C/c2n[nH]c3ccccc23)c(NC(=O)c2sccc2C)c1. The summed E-state index contributed by atoms with van der Waals surface area (Å²) in [4.78, 5) is 15.9. The molecular weight excluding hydrogens is 432 g/mol. The number of anilines is 1. The summed E-state index contributed by atoms with van der Waals surface area (Å²) in [5.74, 6) is -0.0905. The molecule has 4 aromatic rings. The van der Waals surface area contributed by atoms with Gasteiger partial charge in [0.15, 0.2) is 0 Å². The Hall–Kier alpha value is -3.26. The minimum Gasteiger partial charge on any atom is -0.383 e. The van der Waals surface area contributed by atoms with Gasteiger partial charge in [0, 0.05) is 31.3 Å². The molecule has 2 aromatic heterocycles. The number of carbonyl (C=O) groups excluding carboxylic acids is 1. The summed E-state index contributed by atoms with van der Waals surface area (Å²) in [6.07, 6.45) is 3.97. The zero-order valence-corrected chi connectivity index (χ0v) is 19.9. The summed E-state index contributed by atoms with van der Waals surface area (Å²) >= 11 is 1.45. The largest absolute Gasteiger partial charge is 0.383 e. The van der Waals surface area contributed by atoms with E-state index in [-0.39, 0.29) is 5.91 Å². The lowest BCUT2D eigenvalue weighted by molar-refractivity contribution is 0.103. The number of nitrogens with zero attached hydrogens (tertiary/aromatic N) is 2. The van der Waals surface area contributed by atoms with Crippen molar-refractivity contribution in [3.8, 4) is 0 Å². The van der Waals surface area contributed by atoms with E-state index in [9.17, 15) is 4.79 Å². The van der Waals surface area contributed by atoms with Crippen molar-refractivity contribution in [1.29, 1.82) is 0 Å². The van der Waals surface area contributed by atoms with E-state index in [1.165, 1.54) is 11.3 Å². The highest BCUT2D eigenvalue weighted by Gasteiger charge is 2.13. The maximum Gasteiger partial charge on any atom is 0.266 e. The number of para-hydroxylation sites is 1. The highest BCUT2D eigenvalue weighted by Crippen LogP contribution is 2.25. The molecule has 0 radical (unpaired) electrons. The first kappa shape index (κ1) is 22.9. The normalized spacial score (nSPS) is 11.6. The first-order chi connectivity index (χ1) is 16.0. The highest BCUT2D eigenvalue weighted by atomic mass is 32.1. The number of hydrogen-bond acceptors (Lipinski definition) is 5. The maximum absolute atomic E-state index is 13.0. The van der Waals surface area contributed by atoms with E-state index >= 15 is 0 Å². The lowest BCUT2D eigenvalue weighted by Gasteiger charge is -2.17. The molecule has 2 aromatic carbocycles. The third-order valence-electron chi connectivity index (χ3n) is 5.48. The van der Waals surface area contributed by atoms with Gasteiger partial charge in [-0.05, 0) is 60.3 Å². The van der Waals surface area contributed by atoms with Crippen LogP contribution in [0, 0.1) is 6.92 Å². The van der Waals surface area contributed by atoms with Crippen molar-refractivity contribution in [3.05, 3.63) is 81.2 Å². The molecule has 0 spiro atoms. The molecule has 0 aliphatic carbocycles. The molecule has 0 bridgehead atoms. The Morgan fingerprint density at radius 3 is 2.85 bits per heavy atom. The Kier molecular flexibility index (Phi) is 7.34. The number of likely N-dealkylation sites (N-methyl/N-ethyl adjacent to an activating group) is 1. The fourth-order valence-corrected chi connectivity index (χ4v) is 4.48. The molecule has 0 saturated carbocycles. The van der Waals surface area contributed by atoms with Gasteiger partial charge in [0.2, 0.25) is 0 Å². The van der Waals surface area contributed by atoms with Gasteiger partial charge in [-0.3, -0.25) is 14.8 Å². The highest BCUT2D eigenvalue weighted by molar-refractivity contribution is 7.12. The number of carbonyl (C=O) groups is 1. The Morgan fingerprint density at radius 1 is 1.21 bits per heavy atom. The van der Waals surface area contributed by atoms with E-state index in [1.54, 1.807) is 7.11 Å². The molecule has 1 amide bonds. The molecule has 0 aliphatic heterocycles. The molecule has 2 heterocycles. The second kappa shape index (κ2) is 10.6. The first-order valence-corrected chi connectivity index (χ1v) is 11.7. The van der Waals surface area contributed by atoms with Crippen molar-refractivity contribution < 1.29 is 9.53 Å². The lowest BCUT2D eigenvalue weighted by Crippen LogP contribution is -2.22. The fourth-order valence-electron chi connectivity index (χ4n) is 3.66. The summed E-state index contributed by atoms with van der Waals surface area (Å²) in [7, 11) is 3.76. The number of nitrogens with one attached hydrogen (secondary N) is 2. The third kappa shape index (κ3) is 5.57. The van der Waals surface area contributed by atoms with E-state index in [1.807, 2.05) is 66.9 Å². The van der Waals surface area contributed by atoms with Gasteiger partial charge in [-0.1, -0.05) is 36.4 Å². The van der Waals surface area contributed by atoms with Gasteiger partial charge in [-0.2, -0.15) is 5.10 Å². The number of hydrogen-bond donors (Lipinski definition) is 2. The summed E-state index contributed by atoms with van der Waals surface area (Å²) in [6.45, 7) is 4.23. The first-order valence-electron chi connectivity index (χ1n) is 10.8. The van der Waals surface area contributed by atoms with Gasteiger partial charge >= 0.3 is 0 Å². The molecule has 4 rings (SSSR count). The second-order valence-electron chi connectivity index (χ2n) is 8.03. The van der Waals surface area contributed by atoms with Crippen LogP contribution in [0.3, 0.4) is 0 Å². The second-order valence-corrected chi connectivity index (χ2v) is 8.94. The van der Waals surface area contributed by atoms with Crippen molar-refractivity contribution >= 4 is 46.0 Å². The summed E-state index contributed by atoms with van der Waals surface area (Å²) in [5, 5.41) is 13.6. The third-order valence-corrected chi connectivity index (χ3v) is 6.50. The monoisotopic (exact) mass is 460 g/mol. The summed E-state index contributed by atoms with van der Waals surface area (Å²) in [6, 6.07) is 16.2. The van der Waals surface area contributed by atoms with Crippen molar-refractivity contribution in [2.24, 2.45) is 0 Å². The Balaban J connectivity index is 1.63.